The molecule has 10 heteroatoms. The minimum atomic E-state index is -0.671. The zero-order valence-corrected chi connectivity index (χ0v) is 24.3. The van der Waals surface area contributed by atoms with Crippen LogP contribution in [0.25, 0.3) is 0 Å². The Hall–Kier alpha value is -2.20. The smallest absolute Gasteiger partial charge is 0.323 e. The van der Waals surface area contributed by atoms with Crippen molar-refractivity contribution >= 4 is 23.9 Å². The van der Waals surface area contributed by atoms with Crippen molar-refractivity contribution in [1.82, 2.24) is 10.6 Å². The van der Waals surface area contributed by atoms with Gasteiger partial charge in [0.2, 0.25) is 0 Å². The van der Waals surface area contributed by atoms with E-state index >= 15 is 0 Å². The Morgan fingerprint density at radius 3 is 1.21 bits per heavy atom. The second-order valence-corrected chi connectivity index (χ2v) is 10.6. The molecule has 224 valence electrons. The summed E-state index contributed by atoms with van der Waals surface area (Å²) in [6, 6.07) is -0.973. The van der Waals surface area contributed by atoms with Gasteiger partial charge in [-0.25, -0.2) is 0 Å². The number of hydrogen-bond acceptors (Lipinski definition) is 10. The lowest BCUT2D eigenvalue weighted by Crippen LogP contribution is -2.47. The highest BCUT2D eigenvalue weighted by molar-refractivity contribution is 5.83. The van der Waals surface area contributed by atoms with Crippen molar-refractivity contribution in [3.63, 3.8) is 0 Å². The summed E-state index contributed by atoms with van der Waals surface area (Å²) in [5.41, 5.74) is 0. The van der Waals surface area contributed by atoms with Crippen LogP contribution >= 0.6 is 0 Å². The predicted octanol–water partition coefficient (Wildman–Crippen LogP) is 3.44. The molecular weight excluding hydrogens is 504 g/mol. The fourth-order valence-electron chi connectivity index (χ4n) is 5.85. The fourth-order valence-corrected chi connectivity index (χ4v) is 5.85. The van der Waals surface area contributed by atoms with E-state index < -0.39 is 36.0 Å². The Balaban J connectivity index is 1.76. The highest BCUT2D eigenvalue weighted by Gasteiger charge is 2.32. The summed E-state index contributed by atoms with van der Waals surface area (Å²) in [6.07, 6.45) is 9.40. The second-order valence-electron chi connectivity index (χ2n) is 10.6. The standard InChI is InChI=1S/C29H50N2O8/c1-5-36-26(32)18-24(28(34)38-7-3)30-22-13-9-20(10-14-22)17-21-11-15-23(16-12-21)31-25(29(35)39-8-4)19-27(33)37-6-2/h20-25,30-31H,5-19H2,1-4H3/t20?,21?,22?,23?,24-,25?/m0/s1. The van der Waals surface area contributed by atoms with E-state index in [-0.39, 0.29) is 51.4 Å². The Bertz CT molecular complexity index is 698. The molecular formula is C29H50N2O8. The van der Waals surface area contributed by atoms with Crippen molar-refractivity contribution in [1.29, 1.82) is 0 Å². The molecule has 0 amide bonds. The van der Waals surface area contributed by atoms with Gasteiger partial charge in [-0.15, -0.1) is 0 Å². The first kappa shape index (κ1) is 33.0. The first-order valence-corrected chi connectivity index (χ1v) is 15.0. The summed E-state index contributed by atoms with van der Waals surface area (Å²) in [6.45, 7) is 8.15. The van der Waals surface area contributed by atoms with Crippen molar-refractivity contribution in [2.75, 3.05) is 26.4 Å². The summed E-state index contributed by atoms with van der Waals surface area (Å²) in [5.74, 6) is -0.275. The number of esters is 4. The molecule has 0 aromatic heterocycles. The van der Waals surface area contributed by atoms with Crippen LogP contribution in [0.4, 0.5) is 0 Å². The van der Waals surface area contributed by atoms with E-state index in [9.17, 15) is 19.2 Å². The van der Waals surface area contributed by atoms with Crippen LogP contribution in [0.3, 0.4) is 0 Å². The Labute approximate surface area is 233 Å². The van der Waals surface area contributed by atoms with E-state index in [2.05, 4.69) is 10.6 Å². The average Bonchev–Trinajstić information content (AvgIpc) is 2.90. The van der Waals surface area contributed by atoms with Crippen LogP contribution in [0.5, 0.6) is 0 Å². The van der Waals surface area contributed by atoms with Gasteiger partial charge in [-0.1, -0.05) is 0 Å². The van der Waals surface area contributed by atoms with E-state index in [1.807, 2.05) is 0 Å². The molecule has 2 aliphatic carbocycles. The van der Waals surface area contributed by atoms with Gasteiger partial charge in [-0.3, -0.25) is 19.2 Å². The maximum Gasteiger partial charge on any atom is 0.323 e. The second kappa shape index (κ2) is 18.2. The molecule has 0 aliphatic heterocycles. The third-order valence-electron chi connectivity index (χ3n) is 7.73. The molecule has 2 rings (SSSR count). The summed E-state index contributed by atoms with van der Waals surface area (Å²) in [4.78, 5) is 48.7. The third kappa shape index (κ3) is 12.2. The molecule has 0 saturated heterocycles. The molecule has 2 atom stereocenters. The molecule has 2 N–H and O–H groups in total. The lowest BCUT2D eigenvalue weighted by Gasteiger charge is -2.36. The van der Waals surface area contributed by atoms with Gasteiger partial charge in [-0.2, -0.15) is 0 Å². The maximum absolute atomic E-state index is 12.4. The monoisotopic (exact) mass is 554 g/mol. The van der Waals surface area contributed by atoms with Gasteiger partial charge in [-0.05, 0) is 97.3 Å². The molecule has 0 radical (unpaired) electrons. The highest BCUT2D eigenvalue weighted by atomic mass is 16.5. The van der Waals surface area contributed by atoms with Gasteiger partial charge in [0.25, 0.3) is 0 Å². The van der Waals surface area contributed by atoms with Gasteiger partial charge < -0.3 is 29.6 Å². The number of ether oxygens (including phenoxy) is 4. The van der Waals surface area contributed by atoms with Crippen molar-refractivity contribution in [2.45, 2.75) is 122 Å². The zero-order valence-electron chi connectivity index (χ0n) is 24.3. The van der Waals surface area contributed by atoms with E-state index in [1.165, 1.54) is 6.42 Å². The van der Waals surface area contributed by atoms with Gasteiger partial charge in [0.15, 0.2) is 0 Å². The van der Waals surface area contributed by atoms with E-state index in [4.69, 9.17) is 18.9 Å². The molecule has 2 saturated carbocycles. The molecule has 2 aliphatic rings. The Morgan fingerprint density at radius 1 is 0.564 bits per heavy atom. The highest BCUT2D eigenvalue weighted by Crippen LogP contribution is 2.35. The van der Waals surface area contributed by atoms with Crippen LogP contribution in [-0.4, -0.2) is 74.5 Å². The summed E-state index contributed by atoms with van der Waals surface area (Å²) >= 11 is 0. The third-order valence-corrected chi connectivity index (χ3v) is 7.73. The first-order valence-electron chi connectivity index (χ1n) is 15.0. The van der Waals surface area contributed by atoms with E-state index in [0.29, 0.717) is 11.8 Å². The predicted molar refractivity (Wildman–Crippen MR) is 146 cm³/mol. The van der Waals surface area contributed by atoms with Gasteiger partial charge in [0, 0.05) is 12.1 Å². The number of nitrogens with one attached hydrogen (secondary N) is 2. The largest absolute Gasteiger partial charge is 0.466 e. The fraction of sp³-hybridized carbons (Fsp3) is 0.862. The molecule has 0 aromatic carbocycles. The minimum absolute atomic E-state index is 0.0132. The molecule has 2 fully saturated rings. The molecule has 0 aromatic rings. The number of hydrogen-bond donors (Lipinski definition) is 2. The number of carbonyl (C=O) groups is 4. The van der Waals surface area contributed by atoms with Crippen molar-refractivity contribution in [2.24, 2.45) is 11.8 Å². The van der Waals surface area contributed by atoms with Crippen LogP contribution in [0.2, 0.25) is 0 Å². The summed E-state index contributed by atoms with van der Waals surface area (Å²) in [5, 5.41) is 6.73. The van der Waals surface area contributed by atoms with Crippen LogP contribution in [0, 0.1) is 11.8 Å². The van der Waals surface area contributed by atoms with Crippen LogP contribution < -0.4 is 10.6 Å². The van der Waals surface area contributed by atoms with Crippen LogP contribution in [0.15, 0.2) is 0 Å². The minimum Gasteiger partial charge on any atom is -0.466 e. The van der Waals surface area contributed by atoms with Gasteiger partial charge in [0.1, 0.15) is 12.1 Å². The zero-order chi connectivity index (χ0) is 28.6. The Morgan fingerprint density at radius 2 is 0.897 bits per heavy atom. The van der Waals surface area contributed by atoms with Crippen molar-refractivity contribution in [3.05, 3.63) is 0 Å². The topological polar surface area (TPSA) is 129 Å². The van der Waals surface area contributed by atoms with Crippen LogP contribution in [0.1, 0.15) is 98.3 Å². The number of rotatable bonds is 16. The molecule has 1 unspecified atom stereocenters. The van der Waals surface area contributed by atoms with Crippen LogP contribution in [-0.2, 0) is 38.1 Å². The molecule has 0 heterocycles. The average molecular weight is 555 g/mol. The normalized spacial score (nSPS) is 24.7. The SMILES string of the molecule is CCOC(=O)CC(NC1CCC(CC2CCC(N[C@@H](CC(=O)OCC)C(=O)OCC)CC2)CC1)C(=O)OCC. The van der Waals surface area contributed by atoms with Crippen molar-refractivity contribution < 1.29 is 38.1 Å². The summed E-state index contributed by atoms with van der Waals surface area (Å²) < 4.78 is 20.4. The van der Waals surface area contributed by atoms with Gasteiger partial charge in [0.05, 0.1) is 39.3 Å². The number of carbonyl (C=O) groups excluding carboxylic acids is 4. The molecule has 39 heavy (non-hydrogen) atoms. The molecule has 0 bridgehead atoms. The maximum atomic E-state index is 12.4. The Kier molecular flexibility index (Phi) is 15.4. The van der Waals surface area contributed by atoms with E-state index in [1.54, 1.807) is 27.7 Å². The molecule has 0 spiro atoms. The first-order chi connectivity index (χ1) is 18.8. The van der Waals surface area contributed by atoms with Gasteiger partial charge >= 0.3 is 23.9 Å². The molecule has 10 nitrogen and oxygen atoms in total. The lowest BCUT2D eigenvalue weighted by molar-refractivity contribution is -0.152. The van der Waals surface area contributed by atoms with Crippen molar-refractivity contribution in [3.8, 4) is 0 Å². The summed E-state index contributed by atoms with van der Waals surface area (Å²) in [7, 11) is 0. The quantitative estimate of drug-likeness (QED) is 0.216. The van der Waals surface area contributed by atoms with E-state index in [0.717, 1.165) is 51.4 Å². The lowest BCUT2D eigenvalue weighted by atomic mass is 9.75.